The number of fused-ring (bicyclic) bond motifs is 1. The Kier molecular flexibility index (Phi) is 5.65. The second kappa shape index (κ2) is 8.10. The first-order valence-electron chi connectivity index (χ1n) is 10.4. The van der Waals surface area contributed by atoms with Gasteiger partial charge in [0, 0.05) is 11.9 Å². The molecular formula is C22H22F5N5O2. The number of aromatic nitrogens is 3. The molecule has 2 aromatic heterocycles. The van der Waals surface area contributed by atoms with Crippen molar-refractivity contribution in [1.29, 1.82) is 0 Å². The van der Waals surface area contributed by atoms with Crippen molar-refractivity contribution >= 4 is 22.4 Å². The molecule has 0 spiro atoms. The van der Waals surface area contributed by atoms with Crippen molar-refractivity contribution in [3.63, 3.8) is 0 Å². The van der Waals surface area contributed by atoms with Gasteiger partial charge in [-0.05, 0) is 50.5 Å². The molecule has 34 heavy (non-hydrogen) atoms. The van der Waals surface area contributed by atoms with Crippen LogP contribution in [0.5, 0.6) is 5.75 Å². The number of halogens is 5. The minimum Gasteiger partial charge on any atom is -0.490 e. The molecule has 1 aliphatic rings. The summed E-state index contributed by atoms with van der Waals surface area (Å²) in [4.78, 5) is 21.5. The molecule has 1 atom stereocenters. The van der Waals surface area contributed by atoms with Crippen molar-refractivity contribution in [2.75, 3.05) is 18.2 Å². The molecule has 0 bridgehead atoms. The van der Waals surface area contributed by atoms with Crippen molar-refractivity contribution in [2.24, 2.45) is 0 Å². The molecule has 0 radical (unpaired) electrons. The molecule has 2 heterocycles. The monoisotopic (exact) mass is 483 g/mol. The van der Waals surface area contributed by atoms with Gasteiger partial charge in [-0.1, -0.05) is 0 Å². The number of rotatable bonds is 6. The summed E-state index contributed by atoms with van der Waals surface area (Å²) in [5, 5.41) is 3.24. The van der Waals surface area contributed by atoms with Crippen LogP contribution in [0.3, 0.4) is 0 Å². The molecule has 0 unspecified atom stereocenters. The number of ether oxygens (including phenoxy) is 1. The topological polar surface area (TPSA) is 95.1 Å². The van der Waals surface area contributed by atoms with Crippen molar-refractivity contribution in [3.05, 3.63) is 51.7 Å². The van der Waals surface area contributed by atoms with Crippen LogP contribution in [0.4, 0.5) is 33.5 Å². The molecule has 1 aliphatic carbocycles. The zero-order valence-corrected chi connectivity index (χ0v) is 18.5. The van der Waals surface area contributed by atoms with Gasteiger partial charge >= 0.3 is 6.18 Å². The number of pyridine rings is 1. The highest BCUT2D eigenvalue weighted by Crippen LogP contribution is 2.48. The number of benzene rings is 1. The van der Waals surface area contributed by atoms with Crippen molar-refractivity contribution < 1.29 is 26.7 Å². The average molecular weight is 483 g/mol. The predicted octanol–water partition coefficient (Wildman–Crippen LogP) is 4.64. The van der Waals surface area contributed by atoms with Gasteiger partial charge in [-0.15, -0.1) is 0 Å². The molecule has 0 saturated heterocycles. The molecule has 7 nitrogen and oxygen atoms in total. The minimum absolute atomic E-state index is 0.0645. The number of anilines is 2. The number of alkyl halides is 5. The summed E-state index contributed by atoms with van der Waals surface area (Å²) in [5.41, 5.74) is 2.69. The second-order valence-corrected chi connectivity index (χ2v) is 8.38. The van der Waals surface area contributed by atoms with E-state index >= 15 is 0 Å². The van der Waals surface area contributed by atoms with Crippen LogP contribution in [0.15, 0.2) is 29.2 Å². The van der Waals surface area contributed by atoms with E-state index in [0.717, 1.165) is 16.7 Å². The highest BCUT2D eigenvalue weighted by atomic mass is 19.4. The number of nitrogen functional groups attached to an aromatic ring is 1. The minimum atomic E-state index is -4.58. The number of nitrogens with zero attached hydrogens (tertiary/aromatic N) is 3. The van der Waals surface area contributed by atoms with Crippen molar-refractivity contribution in [1.82, 2.24) is 14.5 Å². The number of hydrogen-bond donors (Lipinski definition) is 2. The van der Waals surface area contributed by atoms with Gasteiger partial charge in [0.05, 0.1) is 24.1 Å². The molecule has 3 N–H and O–H groups in total. The zero-order valence-electron chi connectivity index (χ0n) is 18.5. The lowest BCUT2D eigenvalue weighted by molar-refractivity contribution is -0.137. The van der Waals surface area contributed by atoms with E-state index in [4.69, 9.17) is 10.5 Å². The van der Waals surface area contributed by atoms with Crippen LogP contribution in [-0.4, -0.2) is 28.1 Å². The first-order chi connectivity index (χ1) is 15.9. The number of methoxy groups -OCH3 is 1. The maximum Gasteiger partial charge on any atom is 0.416 e. The summed E-state index contributed by atoms with van der Waals surface area (Å²) in [6.45, 7) is 3.16. The highest BCUT2D eigenvalue weighted by molar-refractivity contribution is 5.92. The lowest BCUT2D eigenvalue weighted by atomic mass is 10.0. The Bertz CT molecular complexity index is 1320. The third-order valence-corrected chi connectivity index (χ3v) is 5.95. The molecular weight excluding hydrogens is 461 g/mol. The largest absolute Gasteiger partial charge is 0.490 e. The molecule has 1 aromatic carbocycles. The number of hydrogen-bond acceptors (Lipinski definition) is 6. The fourth-order valence-corrected chi connectivity index (χ4v) is 3.97. The molecule has 1 fully saturated rings. The highest BCUT2D eigenvalue weighted by Gasteiger charge is 2.54. The van der Waals surface area contributed by atoms with Crippen molar-refractivity contribution in [2.45, 2.75) is 50.9 Å². The maximum absolute atomic E-state index is 13.8. The Morgan fingerprint density at radius 2 is 1.88 bits per heavy atom. The van der Waals surface area contributed by atoms with Gasteiger partial charge in [0.25, 0.3) is 12.0 Å². The van der Waals surface area contributed by atoms with Gasteiger partial charge < -0.3 is 15.8 Å². The number of nitrogens with two attached hydrogens (primary N) is 1. The van der Waals surface area contributed by atoms with Gasteiger partial charge in [0.2, 0.25) is 5.75 Å². The van der Waals surface area contributed by atoms with E-state index in [2.05, 4.69) is 15.3 Å². The molecule has 0 aliphatic heterocycles. The van der Waals surface area contributed by atoms with E-state index in [-0.39, 0.29) is 52.4 Å². The summed E-state index contributed by atoms with van der Waals surface area (Å²) in [6.07, 6.45) is -5.86. The molecule has 3 aromatic rings. The zero-order chi connectivity index (χ0) is 25.0. The third-order valence-electron chi connectivity index (χ3n) is 5.95. The summed E-state index contributed by atoms with van der Waals surface area (Å²) >= 11 is 0. The Labute approximate surface area is 190 Å². The van der Waals surface area contributed by atoms with Crippen molar-refractivity contribution in [3.8, 4) is 5.75 Å². The summed E-state index contributed by atoms with van der Waals surface area (Å²) < 4.78 is 73.5. The fraction of sp³-hybridized carbons (Fsp3) is 0.409. The molecule has 0 amide bonds. The number of aryl methyl sites for hydroxylation is 1. The molecule has 4 rings (SSSR count). The second-order valence-electron chi connectivity index (χ2n) is 8.38. The number of nitrogens with one attached hydrogen (secondary N) is 1. The summed E-state index contributed by atoms with van der Waals surface area (Å²) in [7, 11) is 1.24. The third kappa shape index (κ3) is 4.01. The maximum atomic E-state index is 13.8. The standard InChI is InChI=1S/C22H22F5N5O2/c1-10(12-6-13(22(25,26)27)8-14(28)7-12)29-18-15-9-32(21(4-5-21)20(23)24)19(33)17(34-3)16(15)30-11(2)31-18/h6-10,20H,4-5,28H2,1-3H3,(H,29,30,31)/t10-/m1/s1. The van der Waals surface area contributed by atoms with E-state index in [9.17, 15) is 26.7 Å². The molecule has 1 saturated carbocycles. The average Bonchev–Trinajstić information content (AvgIpc) is 3.54. The van der Waals surface area contributed by atoms with Crippen LogP contribution in [0.1, 0.15) is 42.8 Å². The molecule has 182 valence electrons. The Hall–Kier alpha value is -3.44. The van der Waals surface area contributed by atoms with E-state index < -0.39 is 35.3 Å². The fourth-order valence-electron chi connectivity index (χ4n) is 3.97. The Morgan fingerprint density at radius 1 is 1.21 bits per heavy atom. The van der Waals surface area contributed by atoms with Crippen LogP contribution in [-0.2, 0) is 11.7 Å². The van der Waals surface area contributed by atoms with Crippen LogP contribution in [0.2, 0.25) is 0 Å². The van der Waals surface area contributed by atoms with Gasteiger partial charge in [-0.3, -0.25) is 9.36 Å². The lowest BCUT2D eigenvalue weighted by Crippen LogP contribution is -2.36. The van der Waals surface area contributed by atoms with Crippen LogP contribution >= 0.6 is 0 Å². The summed E-state index contributed by atoms with van der Waals surface area (Å²) in [5.74, 6) is 0.188. The van der Waals surface area contributed by atoms with Gasteiger partial charge in [0.1, 0.15) is 22.7 Å². The normalized spacial score (nSPS) is 16.0. The SMILES string of the molecule is COc1c(=O)n(C2(C(F)F)CC2)cc2c(N[C@H](C)c3cc(N)cc(C(F)(F)F)c3)nc(C)nc12. The first-order valence-corrected chi connectivity index (χ1v) is 10.4. The smallest absolute Gasteiger partial charge is 0.416 e. The first kappa shape index (κ1) is 23.7. The summed E-state index contributed by atoms with van der Waals surface area (Å²) in [6, 6.07) is 2.49. The Balaban J connectivity index is 1.85. The molecule has 12 heteroatoms. The quantitative estimate of drug-likeness (QED) is 0.392. The van der Waals surface area contributed by atoms with E-state index in [1.54, 1.807) is 13.8 Å². The van der Waals surface area contributed by atoms with Crippen LogP contribution in [0, 0.1) is 6.92 Å². The van der Waals surface area contributed by atoms with E-state index in [0.29, 0.717) is 0 Å². The van der Waals surface area contributed by atoms with Crippen LogP contribution < -0.4 is 21.3 Å². The van der Waals surface area contributed by atoms with E-state index in [1.165, 1.54) is 19.4 Å². The van der Waals surface area contributed by atoms with Gasteiger partial charge in [-0.25, -0.2) is 18.7 Å². The van der Waals surface area contributed by atoms with Crippen LogP contribution in [0.25, 0.3) is 10.9 Å². The van der Waals surface area contributed by atoms with Gasteiger partial charge in [0.15, 0.2) is 0 Å². The Morgan fingerprint density at radius 3 is 2.44 bits per heavy atom. The van der Waals surface area contributed by atoms with E-state index in [1.807, 2.05) is 0 Å². The lowest BCUT2D eigenvalue weighted by Gasteiger charge is -2.22. The van der Waals surface area contributed by atoms with Gasteiger partial charge in [-0.2, -0.15) is 13.2 Å². The predicted molar refractivity (Wildman–Crippen MR) is 116 cm³/mol.